The van der Waals surface area contributed by atoms with Crippen LogP contribution in [-0.2, 0) is 0 Å². The van der Waals surface area contributed by atoms with Crippen LogP contribution in [0.2, 0.25) is 0 Å². The summed E-state index contributed by atoms with van der Waals surface area (Å²) in [6.07, 6.45) is -1.08. The molecule has 3 N–H and O–H groups in total. The summed E-state index contributed by atoms with van der Waals surface area (Å²) in [6, 6.07) is 0. The van der Waals surface area contributed by atoms with E-state index in [0.717, 1.165) is 0 Å². The maximum atomic E-state index is 9.01. The summed E-state index contributed by atoms with van der Waals surface area (Å²) in [7, 11) is 0. The van der Waals surface area contributed by atoms with Crippen molar-refractivity contribution >= 4 is 0 Å². The SMILES string of the molecule is C=CC[C@@H](O)[C@H](O)[C@@H](C)O. The minimum absolute atomic E-state index is 0.298. The number of aliphatic hydroxyl groups excluding tert-OH is 3. The fourth-order valence-electron chi connectivity index (χ4n) is 0.632. The third-order valence-corrected chi connectivity index (χ3v) is 1.30. The lowest BCUT2D eigenvalue weighted by molar-refractivity contribution is -0.0499. The van der Waals surface area contributed by atoms with Crippen molar-refractivity contribution in [3.05, 3.63) is 12.7 Å². The van der Waals surface area contributed by atoms with Gasteiger partial charge in [0.25, 0.3) is 0 Å². The lowest BCUT2D eigenvalue weighted by Crippen LogP contribution is -2.34. The van der Waals surface area contributed by atoms with Crippen LogP contribution in [0.4, 0.5) is 0 Å². The molecule has 0 saturated heterocycles. The summed E-state index contributed by atoms with van der Waals surface area (Å²) in [5.74, 6) is 0. The lowest BCUT2D eigenvalue weighted by atomic mass is 10.1. The third kappa shape index (κ3) is 2.96. The number of rotatable bonds is 4. The van der Waals surface area contributed by atoms with Crippen LogP contribution in [0.15, 0.2) is 12.7 Å². The molecule has 60 valence electrons. The van der Waals surface area contributed by atoms with Gasteiger partial charge in [-0.15, -0.1) is 6.58 Å². The van der Waals surface area contributed by atoms with E-state index in [-0.39, 0.29) is 0 Å². The van der Waals surface area contributed by atoms with Crippen molar-refractivity contribution in [3.8, 4) is 0 Å². The molecule has 0 fully saturated rings. The summed E-state index contributed by atoms with van der Waals surface area (Å²) < 4.78 is 0. The summed E-state index contributed by atoms with van der Waals surface area (Å²) in [5.41, 5.74) is 0. The highest BCUT2D eigenvalue weighted by molar-refractivity contribution is 4.79. The second kappa shape index (κ2) is 4.44. The van der Waals surface area contributed by atoms with Crippen molar-refractivity contribution in [3.63, 3.8) is 0 Å². The van der Waals surface area contributed by atoms with Gasteiger partial charge in [-0.3, -0.25) is 0 Å². The van der Waals surface area contributed by atoms with Crippen molar-refractivity contribution in [1.82, 2.24) is 0 Å². The van der Waals surface area contributed by atoms with Crippen LogP contribution in [0.3, 0.4) is 0 Å². The van der Waals surface area contributed by atoms with Crippen molar-refractivity contribution in [1.29, 1.82) is 0 Å². The average molecular weight is 146 g/mol. The Morgan fingerprint density at radius 3 is 2.20 bits per heavy atom. The van der Waals surface area contributed by atoms with Crippen LogP contribution in [0, 0.1) is 0 Å². The molecule has 0 amide bonds. The maximum absolute atomic E-state index is 9.01. The normalized spacial score (nSPS) is 19.6. The summed E-state index contributed by atoms with van der Waals surface area (Å²) in [5, 5.41) is 26.8. The number of aliphatic hydroxyl groups is 3. The first-order valence-corrected chi connectivity index (χ1v) is 3.24. The molecule has 3 heteroatoms. The van der Waals surface area contributed by atoms with E-state index < -0.39 is 18.3 Å². The predicted molar refractivity (Wildman–Crippen MR) is 38.5 cm³/mol. The molecule has 0 aromatic heterocycles. The molecule has 0 aliphatic rings. The van der Waals surface area contributed by atoms with Crippen LogP contribution >= 0.6 is 0 Å². The minimum Gasteiger partial charge on any atom is -0.391 e. The first-order valence-electron chi connectivity index (χ1n) is 3.24. The Hall–Kier alpha value is -0.380. The Balaban J connectivity index is 3.68. The van der Waals surface area contributed by atoms with E-state index in [9.17, 15) is 0 Å². The highest BCUT2D eigenvalue weighted by atomic mass is 16.4. The van der Waals surface area contributed by atoms with E-state index in [2.05, 4.69) is 6.58 Å². The molecule has 0 aromatic rings. The molecule has 0 aliphatic heterocycles. The molecule has 3 atom stereocenters. The molecule has 0 spiro atoms. The van der Waals surface area contributed by atoms with Gasteiger partial charge in [0.15, 0.2) is 0 Å². The van der Waals surface area contributed by atoms with Crippen LogP contribution < -0.4 is 0 Å². The molecule has 0 aromatic carbocycles. The Labute approximate surface area is 60.6 Å². The molecule has 0 rings (SSSR count). The van der Waals surface area contributed by atoms with Crippen LogP contribution in [0.25, 0.3) is 0 Å². The zero-order chi connectivity index (χ0) is 8.15. The molecule has 10 heavy (non-hydrogen) atoms. The van der Waals surface area contributed by atoms with Crippen molar-refractivity contribution in [2.24, 2.45) is 0 Å². The molecule has 0 unspecified atom stereocenters. The zero-order valence-corrected chi connectivity index (χ0v) is 6.07. The average Bonchev–Trinajstić information content (AvgIpc) is 1.87. The van der Waals surface area contributed by atoms with E-state index >= 15 is 0 Å². The van der Waals surface area contributed by atoms with Gasteiger partial charge in [-0.25, -0.2) is 0 Å². The van der Waals surface area contributed by atoms with Crippen LogP contribution in [0.1, 0.15) is 13.3 Å². The van der Waals surface area contributed by atoms with Crippen LogP contribution in [-0.4, -0.2) is 33.6 Å². The van der Waals surface area contributed by atoms with Gasteiger partial charge in [-0.1, -0.05) is 6.08 Å². The van der Waals surface area contributed by atoms with Gasteiger partial charge in [0.2, 0.25) is 0 Å². The molecule has 0 radical (unpaired) electrons. The van der Waals surface area contributed by atoms with E-state index in [1.807, 2.05) is 0 Å². The lowest BCUT2D eigenvalue weighted by Gasteiger charge is -2.18. The molecular weight excluding hydrogens is 132 g/mol. The summed E-state index contributed by atoms with van der Waals surface area (Å²) in [4.78, 5) is 0. The highest BCUT2D eigenvalue weighted by Crippen LogP contribution is 2.03. The monoisotopic (exact) mass is 146 g/mol. The van der Waals surface area contributed by atoms with Gasteiger partial charge in [-0.2, -0.15) is 0 Å². The fraction of sp³-hybridized carbons (Fsp3) is 0.714. The van der Waals surface area contributed by atoms with Gasteiger partial charge in [0.05, 0.1) is 12.2 Å². The second-order valence-corrected chi connectivity index (χ2v) is 2.32. The predicted octanol–water partition coefficient (Wildman–Crippen LogP) is -0.335. The first kappa shape index (κ1) is 9.62. The van der Waals surface area contributed by atoms with E-state index in [1.54, 1.807) is 0 Å². The Morgan fingerprint density at radius 2 is 1.90 bits per heavy atom. The number of hydrogen-bond acceptors (Lipinski definition) is 3. The Kier molecular flexibility index (Phi) is 4.27. The maximum Gasteiger partial charge on any atom is 0.106 e. The van der Waals surface area contributed by atoms with Crippen molar-refractivity contribution in [2.75, 3.05) is 0 Å². The Bertz CT molecular complexity index is 101. The third-order valence-electron chi connectivity index (χ3n) is 1.30. The number of hydrogen-bond donors (Lipinski definition) is 3. The van der Waals surface area contributed by atoms with Crippen molar-refractivity contribution < 1.29 is 15.3 Å². The molecule has 3 nitrogen and oxygen atoms in total. The Morgan fingerprint density at radius 1 is 1.40 bits per heavy atom. The summed E-state index contributed by atoms with van der Waals surface area (Å²) >= 11 is 0. The quantitative estimate of drug-likeness (QED) is 0.476. The van der Waals surface area contributed by atoms with Gasteiger partial charge in [0.1, 0.15) is 6.10 Å². The first-order chi connectivity index (χ1) is 4.59. The van der Waals surface area contributed by atoms with Crippen LogP contribution in [0.5, 0.6) is 0 Å². The smallest absolute Gasteiger partial charge is 0.106 e. The molecular formula is C7H14O3. The molecule has 0 aliphatic carbocycles. The van der Waals surface area contributed by atoms with E-state index in [0.29, 0.717) is 6.42 Å². The second-order valence-electron chi connectivity index (χ2n) is 2.32. The van der Waals surface area contributed by atoms with Gasteiger partial charge < -0.3 is 15.3 Å². The molecule has 0 heterocycles. The molecule has 0 saturated carbocycles. The van der Waals surface area contributed by atoms with Gasteiger partial charge in [-0.05, 0) is 13.3 Å². The van der Waals surface area contributed by atoms with Gasteiger partial charge >= 0.3 is 0 Å². The summed E-state index contributed by atoms with van der Waals surface area (Å²) in [6.45, 7) is 4.82. The largest absolute Gasteiger partial charge is 0.391 e. The minimum atomic E-state index is -1.07. The fourth-order valence-corrected chi connectivity index (χ4v) is 0.632. The van der Waals surface area contributed by atoms with E-state index in [1.165, 1.54) is 13.0 Å². The zero-order valence-electron chi connectivity index (χ0n) is 6.07. The highest BCUT2D eigenvalue weighted by Gasteiger charge is 2.19. The molecule has 0 bridgehead atoms. The topological polar surface area (TPSA) is 60.7 Å². The van der Waals surface area contributed by atoms with E-state index in [4.69, 9.17) is 15.3 Å². The standard InChI is InChI=1S/C7H14O3/c1-3-4-6(9)7(10)5(2)8/h3,5-10H,1,4H2,2H3/t5-,6-,7-/m1/s1. The van der Waals surface area contributed by atoms with Crippen molar-refractivity contribution in [2.45, 2.75) is 31.7 Å². The van der Waals surface area contributed by atoms with Gasteiger partial charge in [0, 0.05) is 0 Å².